The second-order valence-electron chi connectivity index (χ2n) is 5.83. The zero-order valence-electron chi connectivity index (χ0n) is 11.9. The Balaban J connectivity index is 3.22. The lowest BCUT2D eigenvalue weighted by molar-refractivity contribution is 0.317. The summed E-state index contributed by atoms with van der Waals surface area (Å²) in [6, 6.07) is 2.76. The molecule has 0 heterocycles. The third-order valence-electron chi connectivity index (χ3n) is 3.29. The summed E-state index contributed by atoms with van der Waals surface area (Å²) in [5, 5.41) is 0.312. The van der Waals surface area contributed by atoms with Crippen LogP contribution in [-0.2, 0) is 10.0 Å². The first kappa shape index (κ1) is 16.3. The van der Waals surface area contributed by atoms with Crippen molar-refractivity contribution in [1.29, 1.82) is 0 Å². The number of benzene rings is 1. The largest absolute Gasteiger partial charge is 0.398 e. The van der Waals surface area contributed by atoms with Gasteiger partial charge < -0.3 is 5.73 Å². The van der Waals surface area contributed by atoms with Crippen LogP contribution in [0.3, 0.4) is 0 Å². The van der Waals surface area contributed by atoms with Crippen LogP contribution in [0.25, 0.3) is 0 Å². The molecule has 1 unspecified atom stereocenters. The lowest BCUT2D eigenvalue weighted by Crippen LogP contribution is -2.41. The van der Waals surface area contributed by atoms with E-state index in [0.29, 0.717) is 16.3 Å². The first-order valence-corrected chi connectivity index (χ1v) is 7.89. The smallest absolute Gasteiger partial charge is 0.241 e. The van der Waals surface area contributed by atoms with Gasteiger partial charge in [-0.15, -0.1) is 0 Å². The van der Waals surface area contributed by atoms with Gasteiger partial charge in [-0.3, -0.25) is 0 Å². The van der Waals surface area contributed by atoms with Crippen LogP contribution in [0.15, 0.2) is 17.0 Å². The quantitative estimate of drug-likeness (QED) is 0.843. The summed E-state index contributed by atoms with van der Waals surface area (Å²) < 4.78 is 27.4. The SMILES string of the molecule is Cc1c(N)cc(Cl)cc1S(=O)(=O)NC(C)C(C)(C)C. The average molecular weight is 305 g/mol. The Labute approximate surface area is 120 Å². The van der Waals surface area contributed by atoms with Crippen molar-refractivity contribution in [2.45, 2.75) is 45.6 Å². The number of hydrogen-bond donors (Lipinski definition) is 2. The second-order valence-corrected chi connectivity index (χ2v) is 7.95. The number of rotatable bonds is 3. The number of nitrogen functional groups attached to an aromatic ring is 1. The van der Waals surface area contributed by atoms with Gasteiger partial charge in [-0.05, 0) is 37.0 Å². The summed E-state index contributed by atoms with van der Waals surface area (Å²) in [6.07, 6.45) is 0. The van der Waals surface area contributed by atoms with Crippen molar-refractivity contribution >= 4 is 27.3 Å². The number of sulfonamides is 1. The van der Waals surface area contributed by atoms with Crippen molar-refractivity contribution in [3.63, 3.8) is 0 Å². The van der Waals surface area contributed by atoms with Gasteiger partial charge in [-0.25, -0.2) is 13.1 Å². The predicted molar refractivity (Wildman–Crippen MR) is 79.8 cm³/mol. The molecule has 1 aromatic rings. The van der Waals surface area contributed by atoms with Crippen LogP contribution in [0.5, 0.6) is 0 Å². The van der Waals surface area contributed by atoms with Gasteiger partial charge in [0.1, 0.15) is 0 Å². The minimum Gasteiger partial charge on any atom is -0.398 e. The maximum absolute atomic E-state index is 12.4. The maximum atomic E-state index is 12.4. The zero-order valence-corrected chi connectivity index (χ0v) is 13.5. The van der Waals surface area contributed by atoms with Gasteiger partial charge in [0.25, 0.3) is 0 Å². The first-order chi connectivity index (χ1) is 8.45. The van der Waals surface area contributed by atoms with Crippen molar-refractivity contribution in [2.75, 3.05) is 5.73 Å². The Hall–Kier alpha value is -0.780. The molecule has 0 saturated carbocycles. The van der Waals surface area contributed by atoms with E-state index >= 15 is 0 Å². The molecule has 0 aliphatic rings. The second kappa shape index (κ2) is 5.31. The summed E-state index contributed by atoms with van der Waals surface area (Å²) >= 11 is 5.88. The zero-order chi connectivity index (χ0) is 15.0. The third-order valence-corrected chi connectivity index (χ3v) is 5.17. The molecule has 0 spiro atoms. The van der Waals surface area contributed by atoms with Crippen LogP contribution in [0.4, 0.5) is 5.69 Å². The number of nitrogens with one attached hydrogen (secondary N) is 1. The fourth-order valence-electron chi connectivity index (χ4n) is 1.43. The Morgan fingerprint density at radius 1 is 1.32 bits per heavy atom. The third kappa shape index (κ3) is 3.84. The fourth-order valence-corrected chi connectivity index (χ4v) is 3.47. The van der Waals surface area contributed by atoms with E-state index in [1.807, 2.05) is 27.7 Å². The molecular formula is C13H21ClN2O2S. The molecule has 4 nitrogen and oxygen atoms in total. The maximum Gasteiger partial charge on any atom is 0.241 e. The van der Waals surface area contributed by atoms with Crippen LogP contribution >= 0.6 is 11.6 Å². The van der Waals surface area contributed by atoms with Crippen molar-refractivity contribution in [2.24, 2.45) is 5.41 Å². The summed E-state index contributed by atoms with van der Waals surface area (Å²) in [6.45, 7) is 9.42. The highest BCUT2D eigenvalue weighted by Gasteiger charge is 2.27. The number of anilines is 1. The van der Waals surface area contributed by atoms with Crippen LogP contribution in [0.2, 0.25) is 5.02 Å². The lowest BCUT2D eigenvalue weighted by atomic mass is 9.89. The first-order valence-electron chi connectivity index (χ1n) is 6.03. The van der Waals surface area contributed by atoms with E-state index in [1.54, 1.807) is 13.0 Å². The van der Waals surface area contributed by atoms with Gasteiger partial charge in [-0.1, -0.05) is 32.4 Å². The Morgan fingerprint density at radius 3 is 2.32 bits per heavy atom. The van der Waals surface area contributed by atoms with Crippen molar-refractivity contribution in [3.8, 4) is 0 Å². The van der Waals surface area contributed by atoms with Crippen LogP contribution in [0, 0.1) is 12.3 Å². The fraction of sp³-hybridized carbons (Fsp3) is 0.538. The molecular weight excluding hydrogens is 284 g/mol. The monoisotopic (exact) mass is 304 g/mol. The van der Waals surface area contributed by atoms with Gasteiger partial charge in [-0.2, -0.15) is 0 Å². The van der Waals surface area contributed by atoms with Crippen LogP contribution in [-0.4, -0.2) is 14.5 Å². The van der Waals surface area contributed by atoms with Crippen molar-refractivity contribution < 1.29 is 8.42 Å². The normalized spacial score (nSPS) is 14.4. The molecule has 0 aromatic heterocycles. The molecule has 0 fully saturated rings. The Kier molecular flexibility index (Phi) is 4.55. The number of halogens is 1. The van der Waals surface area contributed by atoms with Crippen molar-refractivity contribution in [1.82, 2.24) is 4.72 Å². The summed E-state index contributed by atoms with van der Waals surface area (Å²) in [4.78, 5) is 0.133. The molecule has 1 aromatic carbocycles. The predicted octanol–water partition coefficient (Wildman–Crippen LogP) is 2.94. The van der Waals surface area contributed by atoms with Crippen LogP contribution in [0.1, 0.15) is 33.3 Å². The van der Waals surface area contributed by atoms with Gasteiger partial charge in [0.2, 0.25) is 10.0 Å². The average Bonchev–Trinajstić information content (AvgIpc) is 2.21. The van der Waals surface area contributed by atoms with Gasteiger partial charge >= 0.3 is 0 Å². The molecule has 19 heavy (non-hydrogen) atoms. The molecule has 6 heteroatoms. The van der Waals surface area contributed by atoms with Gasteiger partial charge in [0.05, 0.1) is 4.90 Å². The van der Waals surface area contributed by atoms with Crippen LogP contribution < -0.4 is 10.5 Å². The summed E-state index contributed by atoms with van der Waals surface area (Å²) in [5.41, 5.74) is 6.47. The highest BCUT2D eigenvalue weighted by atomic mass is 35.5. The topological polar surface area (TPSA) is 72.2 Å². The molecule has 108 valence electrons. The molecule has 1 rings (SSSR count). The minimum absolute atomic E-state index is 0.133. The molecule has 0 bridgehead atoms. The van der Waals surface area contributed by atoms with Crippen molar-refractivity contribution in [3.05, 3.63) is 22.7 Å². The molecule has 1 atom stereocenters. The van der Waals surface area contributed by atoms with E-state index in [1.165, 1.54) is 6.07 Å². The van der Waals surface area contributed by atoms with Gasteiger partial charge in [0.15, 0.2) is 0 Å². The molecule has 3 N–H and O–H groups in total. The number of hydrogen-bond acceptors (Lipinski definition) is 3. The number of nitrogens with two attached hydrogens (primary N) is 1. The summed E-state index contributed by atoms with van der Waals surface area (Å²) in [7, 11) is -3.63. The van der Waals surface area contributed by atoms with Gasteiger partial charge in [0, 0.05) is 16.8 Å². The standard InChI is InChI=1S/C13H21ClN2O2S/c1-8-11(15)6-10(14)7-12(8)19(17,18)16-9(2)13(3,4)5/h6-7,9,16H,15H2,1-5H3. The molecule has 0 saturated heterocycles. The van der Waals surface area contributed by atoms with E-state index in [4.69, 9.17) is 17.3 Å². The Morgan fingerprint density at radius 2 is 1.84 bits per heavy atom. The van der Waals surface area contributed by atoms with E-state index in [-0.39, 0.29) is 16.4 Å². The minimum atomic E-state index is -3.63. The molecule has 0 aliphatic heterocycles. The highest BCUT2D eigenvalue weighted by molar-refractivity contribution is 7.89. The van der Waals surface area contributed by atoms with E-state index in [0.717, 1.165) is 0 Å². The van der Waals surface area contributed by atoms with E-state index in [2.05, 4.69) is 4.72 Å². The summed E-state index contributed by atoms with van der Waals surface area (Å²) in [5.74, 6) is 0. The Bertz CT molecular complexity index is 577. The lowest BCUT2D eigenvalue weighted by Gasteiger charge is -2.28. The van der Waals surface area contributed by atoms with E-state index in [9.17, 15) is 8.42 Å². The van der Waals surface area contributed by atoms with E-state index < -0.39 is 10.0 Å². The molecule has 0 amide bonds. The highest BCUT2D eigenvalue weighted by Crippen LogP contribution is 2.27. The molecule has 0 aliphatic carbocycles. The molecule has 0 radical (unpaired) electrons.